The number of nitrogens with one attached hydrogen (secondary N) is 1. The molecule has 1 aliphatic heterocycles. The van der Waals surface area contributed by atoms with Gasteiger partial charge in [-0.3, -0.25) is 4.79 Å². The van der Waals surface area contributed by atoms with Gasteiger partial charge in [0.25, 0.3) is 5.95 Å². The Morgan fingerprint density at radius 2 is 2.30 bits per heavy atom. The summed E-state index contributed by atoms with van der Waals surface area (Å²) in [5, 5.41) is 7.23. The maximum Gasteiger partial charge on any atom is 0.265 e. The fourth-order valence-corrected chi connectivity index (χ4v) is 2.53. The summed E-state index contributed by atoms with van der Waals surface area (Å²) < 4.78 is 10.7. The lowest BCUT2D eigenvalue weighted by Gasteiger charge is -2.24. The van der Waals surface area contributed by atoms with Crippen LogP contribution in [0, 0.1) is 5.92 Å². The number of benzene rings is 1. The molecule has 3 rings (SSSR count). The molecule has 8 heteroatoms. The highest BCUT2D eigenvalue weighted by atomic mass is 35.5. The average molecular weight is 337 g/mol. The van der Waals surface area contributed by atoms with Crippen molar-refractivity contribution in [2.75, 3.05) is 25.6 Å². The lowest BCUT2D eigenvalue weighted by molar-refractivity contribution is -0.126. The molecule has 7 nitrogen and oxygen atoms in total. The summed E-state index contributed by atoms with van der Waals surface area (Å²) >= 11 is 5.99. The van der Waals surface area contributed by atoms with Crippen LogP contribution in [0.5, 0.6) is 5.75 Å². The number of fused-ring (bicyclic) bond motifs is 1. The van der Waals surface area contributed by atoms with E-state index in [1.54, 1.807) is 11.0 Å². The molecule has 122 valence electrons. The molecule has 1 atom stereocenters. The molecule has 1 aromatic heterocycles. The maximum absolute atomic E-state index is 12.3. The Bertz CT molecular complexity index is 716. The molecule has 2 aromatic rings. The molecule has 0 spiro atoms. The van der Waals surface area contributed by atoms with Gasteiger partial charge < -0.3 is 19.5 Å². The second-order valence-corrected chi connectivity index (χ2v) is 6.00. The summed E-state index contributed by atoms with van der Waals surface area (Å²) in [7, 11) is 3.63. The minimum absolute atomic E-state index is 0.111. The number of nitrogens with zero attached hydrogens (tertiary/aromatic N) is 3. The van der Waals surface area contributed by atoms with Crippen molar-refractivity contribution in [2.24, 2.45) is 5.92 Å². The fraction of sp³-hybridized carbons (Fsp3) is 0.400. The van der Waals surface area contributed by atoms with Crippen LogP contribution < -0.4 is 15.0 Å². The molecule has 1 aromatic carbocycles. The first-order valence-corrected chi connectivity index (χ1v) is 7.59. The summed E-state index contributed by atoms with van der Waals surface area (Å²) in [6.07, 6.45) is 0.592. The van der Waals surface area contributed by atoms with Crippen molar-refractivity contribution in [3.8, 4) is 5.75 Å². The number of ether oxygens (including phenoxy) is 1. The van der Waals surface area contributed by atoms with Gasteiger partial charge in [-0.05, 0) is 35.3 Å². The van der Waals surface area contributed by atoms with Crippen LogP contribution in [0.25, 0.3) is 0 Å². The molecule has 1 N–H and O–H groups in total. The molecule has 0 saturated carbocycles. The Morgan fingerprint density at radius 3 is 3.04 bits per heavy atom. The Morgan fingerprint density at radius 1 is 1.48 bits per heavy atom. The number of hydrogen-bond donors (Lipinski definition) is 1. The van der Waals surface area contributed by atoms with E-state index in [9.17, 15) is 4.79 Å². The fourth-order valence-electron chi connectivity index (χ4n) is 2.34. The zero-order valence-electron chi connectivity index (χ0n) is 12.9. The van der Waals surface area contributed by atoms with E-state index in [1.807, 2.05) is 26.2 Å². The number of anilines is 1. The van der Waals surface area contributed by atoms with Gasteiger partial charge in [-0.15, -0.1) is 0 Å². The number of hydrogen-bond acceptors (Lipinski definition) is 6. The van der Waals surface area contributed by atoms with Crippen LogP contribution in [0.4, 0.5) is 5.95 Å². The molecule has 0 radical (unpaired) electrons. The van der Waals surface area contributed by atoms with Crippen molar-refractivity contribution >= 4 is 23.5 Å². The number of halogens is 1. The van der Waals surface area contributed by atoms with Crippen LogP contribution >= 0.6 is 11.6 Å². The van der Waals surface area contributed by atoms with Crippen molar-refractivity contribution in [3.05, 3.63) is 34.7 Å². The number of carbonyl (C=O) groups excluding carboxylic acids is 1. The third-order valence-corrected chi connectivity index (χ3v) is 3.81. The molecule has 0 fully saturated rings. The molecular weight excluding hydrogens is 320 g/mol. The van der Waals surface area contributed by atoms with Crippen LogP contribution in [0.3, 0.4) is 0 Å². The molecule has 2 heterocycles. The Hall–Kier alpha value is -2.28. The zero-order valence-corrected chi connectivity index (χ0v) is 13.6. The Balaban J connectivity index is 1.58. The summed E-state index contributed by atoms with van der Waals surface area (Å²) in [6.45, 7) is 0.534. The highest BCUT2D eigenvalue weighted by Gasteiger charge is 2.26. The van der Waals surface area contributed by atoms with Crippen molar-refractivity contribution < 1.29 is 14.1 Å². The van der Waals surface area contributed by atoms with Crippen LogP contribution in [0.15, 0.2) is 22.7 Å². The first-order valence-electron chi connectivity index (χ1n) is 7.22. The largest absolute Gasteiger partial charge is 0.492 e. The molecule has 1 unspecified atom stereocenters. The SMILES string of the molecule is CN(C)c1noc(CNC(=O)C2COc3ccc(Cl)cc3C2)n1. The van der Waals surface area contributed by atoms with Gasteiger partial charge in [0, 0.05) is 19.1 Å². The first kappa shape index (κ1) is 15.6. The third kappa shape index (κ3) is 3.56. The highest BCUT2D eigenvalue weighted by Crippen LogP contribution is 2.29. The summed E-state index contributed by atoms with van der Waals surface area (Å²) in [4.78, 5) is 18.2. The van der Waals surface area contributed by atoms with Gasteiger partial charge in [0.1, 0.15) is 12.4 Å². The monoisotopic (exact) mass is 336 g/mol. The van der Waals surface area contributed by atoms with Crippen LogP contribution in [-0.4, -0.2) is 36.8 Å². The predicted octanol–water partition coefficient (Wildman–Crippen LogP) is 1.66. The quantitative estimate of drug-likeness (QED) is 0.914. The second kappa shape index (κ2) is 6.45. The smallest absolute Gasteiger partial charge is 0.265 e. The van der Waals surface area contributed by atoms with Gasteiger partial charge >= 0.3 is 0 Å². The topological polar surface area (TPSA) is 80.5 Å². The molecule has 23 heavy (non-hydrogen) atoms. The normalized spacial score (nSPS) is 16.4. The minimum Gasteiger partial charge on any atom is -0.492 e. The number of rotatable bonds is 4. The van der Waals surface area contributed by atoms with Crippen LogP contribution in [0.2, 0.25) is 5.02 Å². The molecule has 0 saturated heterocycles. The number of aromatic nitrogens is 2. The van der Waals surface area contributed by atoms with E-state index in [0.717, 1.165) is 11.3 Å². The van der Waals surface area contributed by atoms with E-state index in [-0.39, 0.29) is 18.4 Å². The van der Waals surface area contributed by atoms with Gasteiger partial charge in [0.05, 0.1) is 12.5 Å². The number of amides is 1. The van der Waals surface area contributed by atoms with Gasteiger partial charge in [-0.2, -0.15) is 4.98 Å². The van der Waals surface area contributed by atoms with E-state index in [0.29, 0.717) is 29.9 Å². The summed E-state index contributed by atoms with van der Waals surface area (Å²) in [6, 6.07) is 5.43. The minimum atomic E-state index is -0.266. The molecule has 1 aliphatic rings. The molecule has 0 aliphatic carbocycles. The van der Waals surface area contributed by atoms with E-state index in [2.05, 4.69) is 15.5 Å². The first-order chi connectivity index (χ1) is 11.0. The van der Waals surface area contributed by atoms with Crippen molar-refractivity contribution in [3.63, 3.8) is 0 Å². The lowest BCUT2D eigenvalue weighted by atomic mass is 9.96. The third-order valence-electron chi connectivity index (χ3n) is 3.57. The lowest BCUT2D eigenvalue weighted by Crippen LogP contribution is -2.37. The molecule has 0 bridgehead atoms. The summed E-state index contributed by atoms with van der Waals surface area (Å²) in [5.41, 5.74) is 0.941. The molecular formula is C15H17ClN4O3. The zero-order chi connectivity index (χ0) is 16.4. The molecule has 1 amide bonds. The average Bonchev–Trinajstić information content (AvgIpc) is 3.01. The van der Waals surface area contributed by atoms with Gasteiger partial charge in [-0.1, -0.05) is 11.6 Å². The summed E-state index contributed by atoms with van der Waals surface area (Å²) in [5.74, 6) is 1.24. The van der Waals surface area contributed by atoms with Crippen molar-refractivity contribution in [1.82, 2.24) is 15.5 Å². The van der Waals surface area contributed by atoms with Gasteiger partial charge in [0.2, 0.25) is 11.8 Å². The second-order valence-electron chi connectivity index (χ2n) is 5.56. The van der Waals surface area contributed by atoms with Crippen molar-refractivity contribution in [2.45, 2.75) is 13.0 Å². The van der Waals surface area contributed by atoms with Gasteiger partial charge in [0.15, 0.2) is 0 Å². The maximum atomic E-state index is 12.3. The van der Waals surface area contributed by atoms with E-state index in [4.69, 9.17) is 20.9 Å². The Kier molecular flexibility index (Phi) is 4.38. The van der Waals surface area contributed by atoms with Crippen LogP contribution in [0.1, 0.15) is 11.5 Å². The van der Waals surface area contributed by atoms with Crippen molar-refractivity contribution in [1.29, 1.82) is 0 Å². The number of carbonyl (C=O) groups is 1. The van der Waals surface area contributed by atoms with Gasteiger partial charge in [-0.25, -0.2) is 0 Å². The Labute approximate surface area is 138 Å². The standard InChI is InChI=1S/C15H17ClN4O3/c1-20(2)15-18-13(23-19-15)7-17-14(21)10-5-9-6-11(16)3-4-12(9)22-8-10/h3-4,6,10H,5,7-8H2,1-2H3,(H,17,21). The van der Waals surface area contributed by atoms with E-state index in [1.165, 1.54) is 0 Å². The van der Waals surface area contributed by atoms with Crippen LogP contribution in [-0.2, 0) is 17.8 Å². The van der Waals surface area contributed by atoms with E-state index < -0.39 is 0 Å². The van der Waals surface area contributed by atoms with E-state index >= 15 is 0 Å². The predicted molar refractivity (Wildman–Crippen MR) is 84.6 cm³/mol. The highest BCUT2D eigenvalue weighted by molar-refractivity contribution is 6.30.